The maximum atomic E-state index is 9.74. The van der Waals surface area contributed by atoms with Crippen LogP contribution in [0.5, 0.6) is 0 Å². The SMILES string of the molecule is CCCCc1ccc(NCC(O)COC(C)C)cc1. The second-order valence-corrected chi connectivity index (χ2v) is 5.22. The van der Waals surface area contributed by atoms with E-state index in [0.717, 1.165) is 12.1 Å². The van der Waals surface area contributed by atoms with Crippen LogP contribution in [0, 0.1) is 0 Å². The fraction of sp³-hybridized carbons (Fsp3) is 0.625. The number of aryl methyl sites for hydroxylation is 1. The van der Waals surface area contributed by atoms with Crippen molar-refractivity contribution in [1.82, 2.24) is 0 Å². The van der Waals surface area contributed by atoms with Crippen LogP contribution in [0.1, 0.15) is 39.2 Å². The van der Waals surface area contributed by atoms with Gasteiger partial charge in [0.1, 0.15) is 0 Å². The molecule has 3 heteroatoms. The van der Waals surface area contributed by atoms with E-state index in [1.165, 1.54) is 18.4 Å². The predicted molar refractivity (Wildman–Crippen MR) is 80.6 cm³/mol. The number of anilines is 1. The Hall–Kier alpha value is -1.06. The van der Waals surface area contributed by atoms with Crippen molar-refractivity contribution in [2.75, 3.05) is 18.5 Å². The molecule has 1 rings (SSSR count). The molecule has 0 bridgehead atoms. The van der Waals surface area contributed by atoms with E-state index in [1.807, 2.05) is 13.8 Å². The molecule has 0 spiro atoms. The van der Waals surface area contributed by atoms with Crippen LogP contribution in [0.4, 0.5) is 5.69 Å². The summed E-state index contributed by atoms with van der Waals surface area (Å²) in [5.74, 6) is 0. The summed E-state index contributed by atoms with van der Waals surface area (Å²) in [7, 11) is 0. The van der Waals surface area contributed by atoms with Crippen LogP contribution in [-0.4, -0.2) is 30.5 Å². The van der Waals surface area contributed by atoms with Gasteiger partial charge in [0.15, 0.2) is 0 Å². The Morgan fingerprint density at radius 1 is 1.21 bits per heavy atom. The van der Waals surface area contributed by atoms with Gasteiger partial charge < -0.3 is 15.2 Å². The number of aliphatic hydroxyl groups excluding tert-OH is 1. The van der Waals surface area contributed by atoms with Crippen molar-refractivity contribution in [2.45, 2.75) is 52.2 Å². The number of ether oxygens (including phenoxy) is 1. The summed E-state index contributed by atoms with van der Waals surface area (Å²) in [5.41, 5.74) is 2.42. The van der Waals surface area contributed by atoms with E-state index in [-0.39, 0.29) is 6.10 Å². The molecule has 0 radical (unpaired) electrons. The van der Waals surface area contributed by atoms with Gasteiger partial charge in [-0.3, -0.25) is 0 Å². The zero-order chi connectivity index (χ0) is 14.1. The van der Waals surface area contributed by atoms with Crippen LogP contribution in [0.15, 0.2) is 24.3 Å². The molecule has 0 saturated carbocycles. The quantitative estimate of drug-likeness (QED) is 0.720. The van der Waals surface area contributed by atoms with E-state index >= 15 is 0 Å². The van der Waals surface area contributed by atoms with Gasteiger partial charge in [-0.05, 0) is 44.4 Å². The smallest absolute Gasteiger partial charge is 0.0945 e. The highest BCUT2D eigenvalue weighted by Gasteiger charge is 2.05. The van der Waals surface area contributed by atoms with E-state index in [1.54, 1.807) is 0 Å². The third kappa shape index (κ3) is 7.19. The van der Waals surface area contributed by atoms with Crippen molar-refractivity contribution in [1.29, 1.82) is 0 Å². The van der Waals surface area contributed by atoms with Crippen molar-refractivity contribution in [2.24, 2.45) is 0 Å². The number of hydrogen-bond donors (Lipinski definition) is 2. The number of unbranched alkanes of at least 4 members (excludes halogenated alkanes) is 1. The lowest BCUT2D eigenvalue weighted by molar-refractivity contribution is 0.0112. The molecule has 3 nitrogen and oxygen atoms in total. The second-order valence-electron chi connectivity index (χ2n) is 5.22. The molecule has 0 heterocycles. The summed E-state index contributed by atoms with van der Waals surface area (Å²) in [6.07, 6.45) is 3.29. The van der Waals surface area contributed by atoms with Gasteiger partial charge in [0.05, 0.1) is 18.8 Å². The summed E-state index contributed by atoms with van der Waals surface area (Å²) >= 11 is 0. The standard InChI is InChI=1S/C16H27NO2/c1-4-5-6-14-7-9-15(10-8-14)17-11-16(18)12-19-13(2)3/h7-10,13,16-18H,4-6,11-12H2,1-3H3. The Morgan fingerprint density at radius 3 is 2.47 bits per heavy atom. The van der Waals surface area contributed by atoms with Gasteiger partial charge in [0.2, 0.25) is 0 Å². The van der Waals surface area contributed by atoms with Crippen LogP contribution in [0.25, 0.3) is 0 Å². The second kappa shape index (κ2) is 8.94. The third-order valence-corrected chi connectivity index (χ3v) is 2.94. The number of aliphatic hydroxyl groups is 1. The van der Waals surface area contributed by atoms with Gasteiger partial charge in [-0.15, -0.1) is 0 Å². The molecule has 0 amide bonds. The first kappa shape index (κ1) is 16.0. The number of rotatable bonds is 9. The molecule has 1 atom stereocenters. The zero-order valence-corrected chi connectivity index (χ0v) is 12.4. The molecule has 19 heavy (non-hydrogen) atoms. The van der Waals surface area contributed by atoms with Crippen LogP contribution in [-0.2, 0) is 11.2 Å². The zero-order valence-electron chi connectivity index (χ0n) is 12.4. The van der Waals surface area contributed by atoms with Crippen molar-refractivity contribution in [3.8, 4) is 0 Å². The van der Waals surface area contributed by atoms with Gasteiger partial charge in [0.25, 0.3) is 0 Å². The number of nitrogens with one attached hydrogen (secondary N) is 1. The number of hydrogen-bond acceptors (Lipinski definition) is 3. The first-order chi connectivity index (χ1) is 9.11. The highest BCUT2D eigenvalue weighted by molar-refractivity contribution is 5.44. The maximum absolute atomic E-state index is 9.74. The van der Waals surface area contributed by atoms with Crippen molar-refractivity contribution in [3.05, 3.63) is 29.8 Å². The molecule has 0 aromatic heterocycles. The Balaban J connectivity index is 2.29. The van der Waals surface area contributed by atoms with Crippen LogP contribution < -0.4 is 5.32 Å². The van der Waals surface area contributed by atoms with Crippen LogP contribution >= 0.6 is 0 Å². The molecule has 2 N–H and O–H groups in total. The fourth-order valence-corrected chi connectivity index (χ4v) is 1.77. The molecule has 0 fully saturated rings. The molecular formula is C16H27NO2. The molecule has 0 aliphatic rings. The summed E-state index contributed by atoms with van der Waals surface area (Å²) in [4.78, 5) is 0. The first-order valence-corrected chi connectivity index (χ1v) is 7.24. The first-order valence-electron chi connectivity index (χ1n) is 7.24. The molecule has 108 valence electrons. The molecular weight excluding hydrogens is 238 g/mol. The summed E-state index contributed by atoms with van der Waals surface area (Å²) in [6, 6.07) is 8.44. The van der Waals surface area contributed by atoms with Gasteiger partial charge in [-0.2, -0.15) is 0 Å². The molecule has 0 saturated heterocycles. The third-order valence-electron chi connectivity index (χ3n) is 2.94. The maximum Gasteiger partial charge on any atom is 0.0945 e. The minimum Gasteiger partial charge on any atom is -0.389 e. The highest BCUT2D eigenvalue weighted by Crippen LogP contribution is 2.11. The largest absolute Gasteiger partial charge is 0.389 e. The molecule has 0 aliphatic carbocycles. The minimum atomic E-state index is -0.470. The van der Waals surface area contributed by atoms with Crippen molar-refractivity contribution in [3.63, 3.8) is 0 Å². The Morgan fingerprint density at radius 2 is 1.89 bits per heavy atom. The van der Waals surface area contributed by atoms with Gasteiger partial charge in [-0.25, -0.2) is 0 Å². The van der Waals surface area contributed by atoms with E-state index in [0.29, 0.717) is 13.2 Å². The predicted octanol–water partition coefficient (Wildman–Crippen LogP) is 3.23. The Kier molecular flexibility index (Phi) is 7.53. The monoisotopic (exact) mass is 265 g/mol. The lowest BCUT2D eigenvalue weighted by Crippen LogP contribution is -2.26. The lowest BCUT2D eigenvalue weighted by atomic mass is 10.1. The van der Waals surface area contributed by atoms with E-state index in [9.17, 15) is 5.11 Å². The average Bonchev–Trinajstić information content (AvgIpc) is 2.41. The highest BCUT2D eigenvalue weighted by atomic mass is 16.5. The Bertz CT molecular complexity index is 335. The molecule has 1 unspecified atom stereocenters. The summed E-state index contributed by atoms with van der Waals surface area (Å²) in [6.45, 7) is 7.03. The summed E-state index contributed by atoms with van der Waals surface area (Å²) in [5, 5.41) is 13.0. The van der Waals surface area contributed by atoms with E-state index < -0.39 is 6.10 Å². The van der Waals surface area contributed by atoms with Gasteiger partial charge >= 0.3 is 0 Å². The minimum absolute atomic E-state index is 0.160. The van der Waals surface area contributed by atoms with Gasteiger partial charge in [-0.1, -0.05) is 25.5 Å². The molecule has 1 aromatic carbocycles. The normalized spacial score (nSPS) is 12.7. The lowest BCUT2D eigenvalue weighted by Gasteiger charge is -2.15. The molecule has 0 aliphatic heterocycles. The van der Waals surface area contributed by atoms with Crippen LogP contribution in [0.3, 0.4) is 0 Å². The topological polar surface area (TPSA) is 41.5 Å². The van der Waals surface area contributed by atoms with Crippen molar-refractivity contribution >= 4 is 5.69 Å². The van der Waals surface area contributed by atoms with Gasteiger partial charge in [0, 0.05) is 12.2 Å². The average molecular weight is 265 g/mol. The Labute approximate surface area is 117 Å². The number of benzene rings is 1. The van der Waals surface area contributed by atoms with Crippen LogP contribution in [0.2, 0.25) is 0 Å². The summed E-state index contributed by atoms with van der Waals surface area (Å²) < 4.78 is 5.37. The fourth-order valence-electron chi connectivity index (χ4n) is 1.77. The molecule has 1 aromatic rings. The van der Waals surface area contributed by atoms with Crippen molar-refractivity contribution < 1.29 is 9.84 Å². The van der Waals surface area contributed by atoms with E-state index in [2.05, 4.69) is 36.5 Å². The van der Waals surface area contributed by atoms with E-state index in [4.69, 9.17) is 4.74 Å².